The van der Waals surface area contributed by atoms with Gasteiger partial charge in [0.05, 0.1) is 12.5 Å². The standard InChI is InChI=1S/C14H16OS/c1-11(2)14(12-8-9-15-10-12)16-13-6-4-3-5-7-13/h3-11,14H,1-2H3/t14-/m1/s1. The van der Waals surface area contributed by atoms with Crippen molar-refractivity contribution in [3.8, 4) is 0 Å². The first-order valence-electron chi connectivity index (χ1n) is 5.51. The summed E-state index contributed by atoms with van der Waals surface area (Å²) >= 11 is 1.89. The van der Waals surface area contributed by atoms with Crippen molar-refractivity contribution in [2.24, 2.45) is 5.92 Å². The van der Waals surface area contributed by atoms with Crippen molar-refractivity contribution >= 4 is 11.8 Å². The largest absolute Gasteiger partial charge is 0.472 e. The molecule has 1 atom stereocenters. The van der Waals surface area contributed by atoms with Gasteiger partial charge in [-0.3, -0.25) is 0 Å². The zero-order chi connectivity index (χ0) is 11.4. The second-order valence-electron chi connectivity index (χ2n) is 4.15. The van der Waals surface area contributed by atoms with Gasteiger partial charge in [-0.2, -0.15) is 0 Å². The Morgan fingerprint density at radius 2 is 1.81 bits per heavy atom. The van der Waals surface area contributed by atoms with Crippen LogP contribution in [0.3, 0.4) is 0 Å². The molecule has 0 N–H and O–H groups in total. The molecule has 0 saturated heterocycles. The molecule has 2 rings (SSSR count). The highest BCUT2D eigenvalue weighted by atomic mass is 32.2. The highest BCUT2D eigenvalue weighted by Gasteiger charge is 2.18. The van der Waals surface area contributed by atoms with Crippen LogP contribution in [0.5, 0.6) is 0 Å². The van der Waals surface area contributed by atoms with Gasteiger partial charge in [0.1, 0.15) is 0 Å². The van der Waals surface area contributed by atoms with Crippen molar-refractivity contribution in [3.63, 3.8) is 0 Å². The van der Waals surface area contributed by atoms with Crippen LogP contribution in [0, 0.1) is 5.92 Å². The minimum Gasteiger partial charge on any atom is -0.472 e. The van der Waals surface area contributed by atoms with E-state index >= 15 is 0 Å². The van der Waals surface area contributed by atoms with E-state index in [2.05, 4.69) is 44.2 Å². The summed E-state index contributed by atoms with van der Waals surface area (Å²) in [6, 6.07) is 12.6. The average molecular weight is 232 g/mol. The first-order chi connectivity index (χ1) is 7.77. The van der Waals surface area contributed by atoms with E-state index in [4.69, 9.17) is 4.42 Å². The van der Waals surface area contributed by atoms with E-state index in [-0.39, 0.29) is 0 Å². The van der Waals surface area contributed by atoms with Crippen LogP contribution in [0.25, 0.3) is 0 Å². The van der Waals surface area contributed by atoms with Gasteiger partial charge in [-0.15, -0.1) is 11.8 Å². The molecule has 1 nitrogen and oxygen atoms in total. The molecule has 0 unspecified atom stereocenters. The van der Waals surface area contributed by atoms with Crippen molar-refractivity contribution in [1.82, 2.24) is 0 Å². The smallest absolute Gasteiger partial charge is 0.0946 e. The SMILES string of the molecule is CC(C)[C@@H](Sc1ccccc1)c1ccoc1. The fourth-order valence-corrected chi connectivity index (χ4v) is 2.82. The Kier molecular flexibility index (Phi) is 3.73. The molecule has 84 valence electrons. The summed E-state index contributed by atoms with van der Waals surface area (Å²) in [4.78, 5) is 1.31. The minimum absolute atomic E-state index is 0.459. The fraction of sp³-hybridized carbons (Fsp3) is 0.286. The summed E-state index contributed by atoms with van der Waals surface area (Å²) in [5.74, 6) is 0.586. The second-order valence-corrected chi connectivity index (χ2v) is 5.37. The van der Waals surface area contributed by atoms with Gasteiger partial charge in [0.2, 0.25) is 0 Å². The first kappa shape index (κ1) is 11.3. The molecule has 0 bridgehead atoms. The van der Waals surface area contributed by atoms with E-state index in [1.54, 1.807) is 6.26 Å². The molecule has 0 saturated carbocycles. The van der Waals surface area contributed by atoms with Gasteiger partial charge in [-0.1, -0.05) is 32.0 Å². The Bertz CT molecular complexity index is 406. The fourth-order valence-electron chi connectivity index (χ4n) is 1.67. The number of furan rings is 1. The molecule has 0 spiro atoms. The van der Waals surface area contributed by atoms with Gasteiger partial charge in [0.25, 0.3) is 0 Å². The lowest BCUT2D eigenvalue weighted by Crippen LogP contribution is -2.01. The van der Waals surface area contributed by atoms with Crippen LogP contribution in [-0.4, -0.2) is 0 Å². The Hall–Kier alpha value is -1.15. The lowest BCUT2D eigenvalue weighted by atomic mass is 10.1. The third kappa shape index (κ3) is 2.70. The van der Waals surface area contributed by atoms with Gasteiger partial charge in [0, 0.05) is 15.7 Å². The van der Waals surface area contributed by atoms with E-state index in [1.165, 1.54) is 10.5 Å². The Balaban J connectivity index is 2.16. The predicted octanol–water partition coefficient (Wildman–Crippen LogP) is 4.77. The topological polar surface area (TPSA) is 13.1 Å². The van der Waals surface area contributed by atoms with E-state index in [9.17, 15) is 0 Å². The molecular formula is C14H16OS. The lowest BCUT2D eigenvalue weighted by Gasteiger charge is -2.18. The third-order valence-electron chi connectivity index (χ3n) is 2.48. The molecular weight excluding hydrogens is 216 g/mol. The van der Waals surface area contributed by atoms with Gasteiger partial charge in [-0.05, 0) is 24.1 Å². The lowest BCUT2D eigenvalue weighted by molar-refractivity contribution is 0.555. The normalized spacial score (nSPS) is 12.9. The summed E-state index contributed by atoms with van der Waals surface area (Å²) in [7, 11) is 0. The van der Waals surface area contributed by atoms with Gasteiger partial charge < -0.3 is 4.42 Å². The zero-order valence-electron chi connectivity index (χ0n) is 9.59. The summed E-state index contributed by atoms with van der Waals surface area (Å²) in [6.45, 7) is 4.49. The molecule has 0 radical (unpaired) electrons. The van der Waals surface area contributed by atoms with Gasteiger partial charge in [-0.25, -0.2) is 0 Å². The maximum absolute atomic E-state index is 5.17. The van der Waals surface area contributed by atoms with Crippen molar-refractivity contribution in [2.45, 2.75) is 24.0 Å². The number of benzene rings is 1. The summed E-state index contributed by atoms with van der Waals surface area (Å²) in [5.41, 5.74) is 1.27. The minimum atomic E-state index is 0.459. The first-order valence-corrected chi connectivity index (χ1v) is 6.39. The maximum atomic E-state index is 5.17. The van der Waals surface area contributed by atoms with Crippen molar-refractivity contribution in [1.29, 1.82) is 0 Å². The quantitative estimate of drug-likeness (QED) is 0.704. The molecule has 2 aromatic rings. The maximum Gasteiger partial charge on any atom is 0.0946 e. The molecule has 2 heteroatoms. The molecule has 1 aromatic carbocycles. The predicted molar refractivity (Wildman–Crippen MR) is 68.6 cm³/mol. The van der Waals surface area contributed by atoms with E-state index in [1.807, 2.05) is 24.1 Å². The van der Waals surface area contributed by atoms with Crippen LogP contribution >= 0.6 is 11.8 Å². The molecule has 1 heterocycles. The Labute approximate surface area is 101 Å². The molecule has 0 aliphatic rings. The molecule has 0 aliphatic carbocycles. The van der Waals surface area contributed by atoms with Crippen LogP contribution in [-0.2, 0) is 0 Å². The Morgan fingerprint density at radius 3 is 2.38 bits per heavy atom. The monoisotopic (exact) mass is 232 g/mol. The Morgan fingerprint density at radius 1 is 1.06 bits per heavy atom. The van der Waals surface area contributed by atoms with Gasteiger partial charge >= 0.3 is 0 Å². The van der Waals surface area contributed by atoms with Crippen molar-refractivity contribution < 1.29 is 4.42 Å². The van der Waals surface area contributed by atoms with Crippen LogP contribution in [0.2, 0.25) is 0 Å². The summed E-state index contributed by atoms with van der Waals surface area (Å²) in [5, 5.41) is 0.459. The summed E-state index contributed by atoms with van der Waals surface area (Å²) in [6.07, 6.45) is 3.59. The number of hydrogen-bond acceptors (Lipinski definition) is 2. The molecule has 16 heavy (non-hydrogen) atoms. The average Bonchev–Trinajstić information content (AvgIpc) is 2.80. The van der Waals surface area contributed by atoms with E-state index < -0.39 is 0 Å². The van der Waals surface area contributed by atoms with Crippen LogP contribution in [0.4, 0.5) is 0 Å². The third-order valence-corrected chi connectivity index (χ3v) is 4.10. The summed E-state index contributed by atoms with van der Waals surface area (Å²) < 4.78 is 5.17. The van der Waals surface area contributed by atoms with Crippen LogP contribution in [0.15, 0.2) is 58.2 Å². The highest BCUT2D eigenvalue weighted by molar-refractivity contribution is 7.99. The highest BCUT2D eigenvalue weighted by Crippen LogP contribution is 2.40. The molecule has 1 aromatic heterocycles. The molecule has 0 amide bonds. The van der Waals surface area contributed by atoms with Crippen LogP contribution < -0.4 is 0 Å². The van der Waals surface area contributed by atoms with Crippen LogP contribution in [0.1, 0.15) is 24.7 Å². The number of hydrogen-bond donors (Lipinski definition) is 0. The van der Waals surface area contributed by atoms with Gasteiger partial charge in [0.15, 0.2) is 0 Å². The van der Waals surface area contributed by atoms with Crippen molar-refractivity contribution in [2.75, 3.05) is 0 Å². The molecule has 0 fully saturated rings. The molecule has 0 aliphatic heterocycles. The van der Waals surface area contributed by atoms with Crippen molar-refractivity contribution in [3.05, 3.63) is 54.5 Å². The second kappa shape index (κ2) is 5.26. The number of thioether (sulfide) groups is 1. The van der Waals surface area contributed by atoms with E-state index in [0.717, 1.165) is 0 Å². The zero-order valence-corrected chi connectivity index (χ0v) is 10.4. The number of rotatable bonds is 4. The van der Waals surface area contributed by atoms with E-state index in [0.29, 0.717) is 11.2 Å².